The lowest BCUT2D eigenvalue weighted by molar-refractivity contribution is -0.142. The van der Waals surface area contributed by atoms with E-state index in [-0.39, 0.29) is 18.8 Å². The number of esters is 1. The van der Waals surface area contributed by atoms with Gasteiger partial charge in [0.1, 0.15) is 12.7 Å². The molecule has 0 aliphatic carbocycles. The maximum absolute atomic E-state index is 10.7. The van der Waals surface area contributed by atoms with Crippen LogP contribution in [0.2, 0.25) is 0 Å². The smallest absolute Gasteiger partial charge is 0.333 e. The third kappa shape index (κ3) is 4.93. The molecule has 1 unspecified atom stereocenters. The molecule has 0 aromatic carbocycles. The van der Waals surface area contributed by atoms with Crippen molar-refractivity contribution in [1.82, 2.24) is 0 Å². The topological polar surface area (TPSA) is 55.8 Å². The van der Waals surface area contributed by atoms with Crippen molar-refractivity contribution >= 4 is 14.0 Å². The minimum Gasteiger partial charge on any atom is -0.460 e. The predicted molar refractivity (Wildman–Crippen MR) is 43.5 cm³/mol. The fraction of sp³-hybridized carbons (Fsp3) is 0.571. The average Bonchev–Trinajstić information content (AvgIpc) is 2.00. The van der Waals surface area contributed by atoms with E-state index in [4.69, 9.17) is 5.11 Å². The number of ether oxygens (including phenoxy) is 1. The van der Waals surface area contributed by atoms with Gasteiger partial charge in [-0.05, 0) is 6.92 Å². The standard InChI is InChI=1S/C7H11BO4/c1-5(2)7(10)11-3-6(9)4-12-8/h6,9H,1,3-4H2,2H3. The molecule has 0 aliphatic rings. The van der Waals surface area contributed by atoms with E-state index in [9.17, 15) is 4.79 Å². The molecule has 66 valence electrons. The Morgan fingerprint density at radius 3 is 2.67 bits per heavy atom. The molecule has 0 fully saturated rings. The van der Waals surface area contributed by atoms with Crippen LogP contribution < -0.4 is 0 Å². The monoisotopic (exact) mass is 170 g/mol. The highest BCUT2D eigenvalue weighted by Crippen LogP contribution is 1.93. The van der Waals surface area contributed by atoms with Gasteiger partial charge >= 0.3 is 5.97 Å². The molecular formula is C7H11BO4. The summed E-state index contributed by atoms with van der Waals surface area (Å²) >= 11 is 0. The zero-order valence-corrected chi connectivity index (χ0v) is 6.95. The van der Waals surface area contributed by atoms with Crippen LogP contribution in [0.15, 0.2) is 12.2 Å². The molecule has 0 saturated heterocycles. The summed E-state index contributed by atoms with van der Waals surface area (Å²) in [4.78, 5) is 10.7. The van der Waals surface area contributed by atoms with Gasteiger partial charge in [0.05, 0.1) is 6.61 Å². The molecule has 4 nitrogen and oxygen atoms in total. The highest BCUT2D eigenvalue weighted by atomic mass is 16.5. The maximum atomic E-state index is 10.7. The van der Waals surface area contributed by atoms with Gasteiger partial charge in [0.2, 0.25) is 0 Å². The Bertz CT molecular complexity index is 169. The van der Waals surface area contributed by atoms with Crippen molar-refractivity contribution in [3.05, 3.63) is 12.2 Å². The molecule has 1 N–H and O–H groups in total. The van der Waals surface area contributed by atoms with Gasteiger partial charge in [-0.15, -0.1) is 0 Å². The fourth-order valence-electron chi connectivity index (χ4n) is 0.454. The number of hydrogen-bond donors (Lipinski definition) is 1. The summed E-state index contributed by atoms with van der Waals surface area (Å²) in [5.41, 5.74) is 0.288. The Hall–Kier alpha value is -0.805. The van der Waals surface area contributed by atoms with Crippen LogP contribution in [0.1, 0.15) is 6.92 Å². The predicted octanol–water partition coefficient (Wildman–Crippen LogP) is -0.433. The summed E-state index contributed by atoms with van der Waals surface area (Å²) in [6.45, 7) is 4.69. The van der Waals surface area contributed by atoms with E-state index in [0.29, 0.717) is 0 Å². The van der Waals surface area contributed by atoms with Gasteiger partial charge in [-0.2, -0.15) is 0 Å². The first-order chi connectivity index (χ1) is 5.57. The largest absolute Gasteiger partial charge is 0.460 e. The third-order valence-electron chi connectivity index (χ3n) is 1.04. The minimum absolute atomic E-state index is 0.0660. The van der Waals surface area contributed by atoms with Crippen LogP contribution in [0.5, 0.6) is 0 Å². The van der Waals surface area contributed by atoms with Crippen molar-refractivity contribution in [1.29, 1.82) is 0 Å². The first kappa shape index (κ1) is 11.2. The third-order valence-corrected chi connectivity index (χ3v) is 1.04. The molecule has 0 spiro atoms. The first-order valence-corrected chi connectivity index (χ1v) is 3.40. The molecular weight excluding hydrogens is 159 g/mol. The second-order valence-electron chi connectivity index (χ2n) is 2.37. The molecule has 0 aliphatic heterocycles. The zero-order chi connectivity index (χ0) is 9.56. The van der Waals surface area contributed by atoms with E-state index >= 15 is 0 Å². The van der Waals surface area contributed by atoms with Crippen molar-refractivity contribution in [2.75, 3.05) is 13.2 Å². The van der Waals surface area contributed by atoms with E-state index in [2.05, 4.69) is 24.0 Å². The molecule has 0 heterocycles. The number of carbonyl (C=O) groups excluding carboxylic acids is 1. The summed E-state index contributed by atoms with van der Waals surface area (Å²) < 4.78 is 8.73. The molecule has 5 heteroatoms. The van der Waals surface area contributed by atoms with Crippen LogP contribution in [0.25, 0.3) is 0 Å². The highest BCUT2D eigenvalue weighted by molar-refractivity contribution is 5.97. The van der Waals surface area contributed by atoms with E-state index in [1.807, 2.05) is 0 Å². The molecule has 0 rings (SSSR count). The molecule has 1 atom stereocenters. The summed E-state index contributed by atoms with van der Waals surface area (Å²) in [7, 11) is 4.68. The normalized spacial score (nSPS) is 12.2. The van der Waals surface area contributed by atoms with E-state index in [1.165, 1.54) is 6.92 Å². The van der Waals surface area contributed by atoms with Crippen LogP contribution in [-0.2, 0) is 14.2 Å². The van der Waals surface area contributed by atoms with Gasteiger partial charge in [-0.3, -0.25) is 0 Å². The molecule has 0 aromatic rings. The number of carbonyl (C=O) groups is 1. The number of rotatable bonds is 5. The minimum atomic E-state index is -0.890. The van der Waals surface area contributed by atoms with Crippen LogP contribution in [0.3, 0.4) is 0 Å². The lowest BCUT2D eigenvalue weighted by Gasteiger charge is -2.09. The van der Waals surface area contributed by atoms with Crippen LogP contribution >= 0.6 is 0 Å². The molecule has 0 saturated carbocycles. The molecule has 12 heavy (non-hydrogen) atoms. The van der Waals surface area contributed by atoms with Gasteiger partial charge in [0.15, 0.2) is 0 Å². The zero-order valence-electron chi connectivity index (χ0n) is 6.95. The second-order valence-corrected chi connectivity index (χ2v) is 2.37. The van der Waals surface area contributed by atoms with Crippen molar-refractivity contribution in [3.8, 4) is 0 Å². The van der Waals surface area contributed by atoms with Gasteiger partial charge in [0, 0.05) is 5.57 Å². The summed E-state index contributed by atoms with van der Waals surface area (Å²) in [6, 6.07) is 0. The van der Waals surface area contributed by atoms with Crippen LogP contribution in [0.4, 0.5) is 0 Å². The Morgan fingerprint density at radius 1 is 1.67 bits per heavy atom. The average molecular weight is 170 g/mol. The van der Waals surface area contributed by atoms with E-state index in [0.717, 1.165) is 0 Å². The Kier molecular flexibility index (Phi) is 5.41. The second kappa shape index (κ2) is 5.80. The van der Waals surface area contributed by atoms with E-state index in [1.54, 1.807) is 0 Å². The molecule has 2 radical (unpaired) electrons. The SMILES string of the molecule is [B]OCC(O)COC(=O)C(=C)C. The Morgan fingerprint density at radius 2 is 2.25 bits per heavy atom. The fourth-order valence-corrected chi connectivity index (χ4v) is 0.454. The van der Waals surface area contributed by atoms with Gasteiger partial charge in [0.25, 0.3) is 8.05 Å². The quantitative estimate of drug-likeness (QED) is 0.345. The van der Waals surface area contributed by atoms with Crippen molar-refractivity contribution in [2.24, 2.45) is 0 Å². The lowest BCUT2D eigenvalue weighted by Crippen LogP contribution is -2.23. The summed E-state index contributed by atoms with van der Waals surface area (Å²) in [5.74, 6) is -0.536. The molecule has 0 bridgehead atoms. The number of hydrogen-bond acceptors (Lipinski definition) is 4. The van der Waals surface area contributed by atoms with Gasteiger partial charge < -0.3 is 14.5 Å². The maximum Gasteiger partial charge on any atom is 0.333 e. The van der Waals surface area contributed by atoms with Gasteiger partial charge in [-0.25, -0.2) is 4.79 Å². The lowest BCUT2D eigenvalue weighted by atomic mass is 10.3. The van der Waals surface area contributed by atoms with Crippen molar-refractivity contribution < 1.29 is 19.3 Å². The van der Waals surface area contributed by atoms with Crippen LogP contribution in [-0.4, -0.2) is 38.4 Å². The highest BCUT2D eigenvalue weighted by Gasteiger charge is 2.07. The van der Waals surface area contributed by atoms with Crippen molar-refractivity contribution in [3.63, 3.8) is 0 Å². The molecule has 0 amide bonds. The van der Waals surface area contributed by atoms with Crippen LogP contribution in [0, 0.1) is 0 Å². The number of aliphatic hydroxyl groups is 1. The summed E-state index contributed by atoms with van der Waals surface area (Å²) in [6.07, 6.45) is -0.890. The van der Waals surface area contributed by atoms with E-state index < -0.39 is 12.1 Å². The Labute approximate surface area is 72.6 Å². The Balaban J connectivity index is 3.54. The number of aliphatic hydroxyl groups excluding tert-OH is 1. The summed E-state index contributed by atoms with van der Waals surface area (Å²) in [5, 5.41) is 8.97. The molecule has 0 aromatic heterocycles. The first-order valence-electron chi connectivity index (χ1n) is 3.40. The van der Waals surface area contributed by atoms with Gasteiger partial charge in [-0.1, -0.05) is 6.58 Å². The van der Waals surface area contributed by atoms with Crippen molar-refractivity contribution in [2.45, 2.75) is 13.0 Å².